The summed E-state index contributed by atoms with van der Waals surface area (Å²) >= 11 is 0. The van der Waals surface area contributed by atoms with Crippen LogP contribution in [0.15, 0.2) is 30.3 Å². The van der Waals surface area contributed by atoms with Crippen LogP contribution in [-0.4, -0.2) is 48.3 Å². The first-order valence-corrected chi connectivity index (χ1v) is 8.85. The SMILES string of the molecule is Cc1c(C#N)nn(-c2ccccc2)c1NC(=O)CN(C)S(C)(=O)=O. The second-order valence-corrected chi connectivity index (χ2v) is 7.34. The lowest BCUT2D eigenvalue weighted by atomic mass is 10.2. The molecule has 1 N–H and O–H groups in total. The summed E-state index contributed by atoms with van der Waals surface area (Å²) in [5.74, 6) is -0.183. The van der Waals surface area contributed by atoms with Gasteiger partial charge in [0.2, 0.25) is 15.9 Å². The van der Waals surface area contributed by atoms with E-state index >= 15 is 0 Å². The number of anilines is 1. The number of sulfonamides is 1. The fraction of sp³-hybridized carbons (Fsp3) is 0.267. The standard InChI is InChI=1S/C15H17N5O3S/c1-11-13(9-16)18-20(12-7-5-4-6-8-12)15(11)17-14(21)10-19(2)24(3,22)23/h4-8H,10H2,1-3H3,(H,17,21). The monoisotopic (exact) mass is 347 g/mol. The summed E-state index contributed by atoms with van der Waals surface area (Å²) in [6.07, 6.45) is 1.02. The van der Waals surface area contributed by atoms with Crippen LogP contribution < -0.4 is 5.32 Å². The van der Waals surface area contributed by atoms with Gasteiger partial charge in [0.05, 0.1) is 18.5 Å². The summed E-state index contributed by atoms with van der Waals surface area (Å²) in [5, 5.41) is 16.0. The van der Waals surface area contributed by atoms with E-state index in [4.69, 9.17) is 5.26 Å². The van der Waals surface area contributed by atoms with Crippen LogP contribution in [0.4, 0.5) is 5.82 Å². The number of para-hydroxylation sites is 1. The molecule has 1 amide bonds. The Bertz CT molecular complexity index is 897. The molecule has 0 unspecified atom stereocenters. The van der Waals surface area contributed by atoms with E-state index in [1.165, 1.54) is 11.7 Å². The second kappa shape index (κ2) is 6.82. The Labute approximate surface area is 140 Å². The quantitative estimate of drug-likeness (QED) is 0.864. The van der Waals surface area contributed by atoms with Gasteiger partial charge in [0.25, 0.3) is 0 Å². The lowest BCUT2D eigenvalue weighted by molar-refractivity contribution is -0.116. The van der Waals surface area contributed by atoms with Crippen LogP contribution in [0.25, 0.3) is 5.69 Å². The Morgan fingerprint density at radius 3 is 2.54 bits per heavy atom. The van der Waals surface area contributed by atoms with Gasteiger partial charge in [0.15, 0.2) is 5.69 Å². The maximum Gasteiger partial charge on any atom is 0.240 e. The minimum absolute atomic E-state index is 0.186. The van der Waals surface area contributed by atoms with Crippen molar-refractivity contribution in [2.24, 2.45) is 0 Å². The van der Waals surface area contributed by atoms with Gasteiger partial charge in [-0.15, -0.1) is 0 Å². The highest BCUT2D eigenvalue weighted by Crippen LogP contribution is 2.22. The first-order chi connectivity index (χ1) is 11.2. The lowest BCUT2D eigenvalue weighted by Gasteiger charge is -2.15. The molecule has 8 nitrogen and oxygen atoms in total. The van der Waals surface area contributed by atoms with Crippen LogP contribution in [0.3, 0.4) is 0 Å². The summed E-state index contributed by atoms with van der Waals surface area (Å²) in [4.78, 5) is 12.2. The Morgan fingerprint density at radius 1 is 1.38 bits per heavy atom. The fourth-order valence-electron chi connectivity index (χ4n) is 2.00. The molecule has 0 atom stereocenters. The Kier molecular flexibility index (Phi) is 5.02. The van der Waals surface area contributed by atoms with E-state index in [-0.39, 0.29) is 12.2 Å². The topological polar surface area (TPSA) is 108 Å². The van der Waals surface area contributed by atoms with Gasteiger partial charge < -0.3 is 5.32 Å². The minimum atomic E-state index is -3.46. The van der Waals surface area contributed by atoms with Crippen LogP contribution >= 0.6 is 0 Å². The highest BCUT2D eigenvalue weighted by Gasteiger charge is 2.20. The minimum Gasteiger partial charge on any atom is -0.309 e. The molecular weight excluding hydrogens is 330 g/mol. The zero-order chi connectivity index (χ0) is 17.9. The van der Waals surface area contributed by atoms with Gasteiger partial charge in [-0.1, -0.05) is 18.2 Å². The molecule has 0 bridgehead atoms. The first-order valence-electron chi connectivity index (χ1n) is 7.00. The van der Waals surface area contributed by atoms with Gasteiger partial charge in [0, 0.05) is 12.6 Å². The molecule has 126 valence electrons. The van der Waals surface area contributed by atoms with Crippen LogP contribution in [0.5, 0.6) is 0 Å². The number of nitriles is 1. The van der Waals surface area contributed by atoms with Crippen molar-refractivity contribution in [1.29, 1.82) is 5.26 Å². The molecule has 0 radical (unpaired) electrons. The number of amides is 1. The van der Waals surface area contributed by atoms with E-state index in [2.05, 4.69) is 10.4 Å². The smallest absolute Gasteiger partial charge is 0.240 e. The number of carbonyl (C=O) groups excluding carboxylic acids is 1. The number of hydrogen-bond acceptors (Lipinski definition) is 5. The molecular formula is C15H17N5O3S. The normalized spacial score (nSPS) is 11.3. The Balaban J connectivity index is 2.35. The van der Waals surface area contributed by atoms with E-state index < -0.39 is 15.9 Å². The molecule has 0 saturated carbocycles. The van der Waals surface area contributed by atoms with Crippen LogP contribution in [0.2, 0.25) is 0 Å². The molecule has 0 fully saturated rings. The number of carbonyl (C=O) groups is 1. The molecule has 24 heavy (non-hydrogen) atoms. The van der Waals surface area contributed by atoms with Crippen molar-refractivity contribution in [3.8, 4) is 11.8 Å². The maximum atomic E-state index is 12.2. The van der Waals surface area contributed by atoms with E-state index in [0.717, 1.165) is 10.6 Å². The van der Waals surface area contributed by atoms with Gasteiger partial charge in [-0.05, 0) is 19.1 Å². The zero-order valence-electron chi connectivity index (χ0n) is 13.5. The van der Waals surface area contributed by atoms with E-state index in [1.807, 2.05) is 12.1 Å². The summed E-state index contributed by atoms with van der Waals surface area (Å²) in [7, 11) is -2.15. The Morgan fingerprint density at radius 2 is 2.00 bits per heavy atom. The third-order valence-corrected chi connectivity index (χ3v) is 4.68. The van der Waals surface area contributed by atoms with Crippen molar-refractivity contribution in [1.82, 2.24) is 14.1 Å². The van der Waals surface area contributed by atoms with Gasteiger partial charge >= 0.3 is 0 Å². The third kappa shape index (κ3) is 3.79. The highest BCUT2D eigenvalue weighted by molar-refractivity contribution is 7.88. The molecule has 0 spiro atoms. The summed E-state index contributed by atoms with van der Waals surface area (Å²) in [6.45, 7) is 1.33. The number of hydrogen-bond donors (Lipinski definition) is 1. The molecule has 1 aromatic carbocycles. The first kappa shape index (κ1) is 17.7. The van der Waals surface area contributed by atoms with Gasteiger partial charge in [-0.3, -0.25) is 4.79 Å². The number of aromatic nitrogens is 2. The van der Waals surface area contributed by atoms with Crippen LogP contribution in [0.1, 0.15) is 11.3 Å². The van der Waals surface area contributed by atoms with Crippen LogP contribution in [0, 0.1) is 18.3 Å². The average Bonchev–Trinajstić information content (AvgIpc) is 2.83. The molecule has 2 rings (SSSR count). The molecule has 9 heteroatoms. The second-order valence-electron chi connectivity index (χ2n) is 5.25. The number of nitrogens with one attached hydrogen (secondary N) is 1. The van der Waals surface area contributed by atoms with Crippen LogP contribution in [-0.2, 0) is 14.8 Å². The summed E-state index contributed by atoms with van der Waals surface area (Å²) < 4.78 is 25.2. The van der Waals surface area contributed by atoms with Crippen molar-refractivity contribution >= 4 is 21.7 Å². The number of rotatable bonds is 5. The third-order valence-electron chi connectivity index (χ3n) is 3.42. The van der Waals surface area contributed by atoms with Crippen molar-refractivity contribution in [3.63, 3.8) is 0 Å². The molecule has 1 aromatic heterocycles. The van der Waals surface area contributed by atoms with E-state index in [9.17, 15) is 13.2 Å². The van der Waals surface area contributed by atoms with Gasteiger partial charge in [-0.2, -0.15) is 14.7 Å². The summed E-state index contributed by atoms with van der Waals surface area (Å²) in [6, 6.07) is 11.0. The van der Waals surface area contributed by atoms with Crippen molar-refractivity contribution in [2.75, 3.05) is 25.2 Å². The van der Waals surface area contributed by atoms with Crippen molar-refractivity contribution in [3.05, 3.63) is 41.6 Å². The predicted octanol–water partition coefficient (Wildman–Crippen LogP) is 0.882. The summed E-state index contributed by atoms with van der Waals surface area (Å²) in [5.41, 5.74) is 1.37. The Hall–Kier alpha value is -2.70. The highest BCUT2D eigenvalue weighted by atomic mass is 32.2. The molecule has 0 aliphatic rings. The maximum absolute atomic E-state index is 12.2. The molecule has 0 saturated heterocycles. The van der Waals surface area contributed by atoms with Gasteiger partial charge in [-0.25, -0.2) is 13.1 Å². The largest absolute Gasteiger partial charge is 0.309 e. The van der Waals surface area contributed by atoms with Crippen molar-refractivity contribution < 1.29 is 13.2 Å². The van der Waals surface area contributed by atoms with E-state index in [0.29, 0.717) is 17.1 Å². The van der Waals surface area contributed by atoms with E-state index in [1.54, 1.807) is 31.2 Å². The predicted molar refractivity (Wildman–Crippen MR) is 89.1 cm³/mol. The van der Waals surface area contributed by atoms with Crippen molar-refractivity contribution in [2.45, 2.75) is 6.92 Å². The fourth-order valence-corrected chi connectivity index (χ4v) is 2.35. The molecule has 0 aliphatic carbocycles. The van der Waals surface area contributed by atoms with Gasteiger partial charge in [0.1, 0.15) is 11.9 Å². The molecule has 2 aromatic rings. The number of nitrogens with zero attached hydrogens (tertiary/aromatic N) is 4. The number of benzene rings is 1. The molecule has 0 aliphatic heterocycles. The zero-order valence-corrected chi connectivity index (χ0v) is 14.3. The number of likely N-dealkylation sites (N-methyl/N-ethyl adjacent to an activating group) is 1. The average molecular weight is 347 g/mol. The molecule has 1 heterocycles. The lowest BCUT2D eigenvalue weighted by Crippen LogP contribution is -2.34.